The highest BCUT2D eigenvalue weighted by atomic mass is 16.2. The van der Waals surface area contributed by atoms with Gasteiger partial charge in [0, 0.05) is 6.04 Å². The molecule has 3 heteroatoms. The maximum absolute atomic E-state index is 12.8. The summed E-state index contributed by atoms with van der Waals surface area (Å²) in [6, 6.07) is 10.2. The first-order valence-electron chi connectivity index (χ1n) is 7.81. The fourth-order valence-corrected chi connectivity index (χ4v) is 3.84. The van der Waals surface area contributed by atoms with Crippen molar-refractivity contribution in [3.63, 3.8) is 0 Å². The molecule has 3 unspecified atom stereocenters. The Morgan fingerprint density at radius 1 is 1.20 bits per heavy atom. The fourth-order valence-electron chi connectivity index (χ4n) is 3.84. The summed E-state index contributed by atoms with van der Waals surface area (Å²) in [5.74, 6) is 0.917. The molecule has 1 aliphatic heterocycles. The van der Waals surface area contributed by atoms with Gasteiger partial charge < -0.3 is 4.90 Å². The van der Waals surface area contributed by atoms with Gasteiger partial charge in [-0.3, -0.25) is 10.1 Å². The van der Waals surface area contributed by atoms with Gasteiger partial charge in [0.05, 0.1) is 6.17 Å². The zero-order chi connectivity index (χ0) is 14.1. The third-order valence-electron chi connectivity index (χ3n) is 4.98. The SMILES string of the molecule is CC1NC(c2ccccc2)C(=O)N1C(C)C1CCCC1. The number of carbonyl (C=O) groups is 1. The standard InChI is InChI=1S/C17H24N2O/c1-12(14-8-6-7-9-14)19-13(2)18-16(17(19)20)15-10-4-3-5-11-15/h3-5,10-14,16,18H,6-9H2,1-2H3. The van der Waals surface area contributed by atoms with Crippen molar-refractivity contribution in [2.45, 2.75) is 57.8 Å². The van der Waals surface area contributed by atoms with E-state index in [4.69, 9.17) is 0 Å². The molecule has 2 fully saturated rings. The quantitative estimate of drug-likeness (QED) is 0.917. The molecule has 0 aromatic heterocycles. The van der Waals surface area contributed by atoms with E-state index in [1.807, 2.05) is 30.3 Å². The molecular weight excluding hydrogens is 248 g/mol. The molecule has 0 bridgehead atoms. The van der Waals surface area contributed by atoms with Gasteiger partial charge in [-0.1, -0.05) is 43.2 Å². The summed E-state index contributed by atoms with van der Waals surface area (Å²) in [7, 11) is 0. The lowest BCUT2D eigenvalue weighted by Gasteiger charge is -2.32. The highest BCUT2D eigenvalue weighted by Crippen LogP contribution is 2.34. The van der Waals surface area contributed by atoms with Gasteiger partial charge in [0.1, 0.15) is 6.04 Å². The van der Waals surface area contributed by atoms with Crippen LogP contribution in [-0.2, 0) is 4.79 Å². The lowest BCUT2D eigenvalue weighted by molar-refractivity contribution is -0.132. The topological polar surface area (TPSA) is 32.3 Å². The predicted octanol–water partition coefficient (Wildman–Crippen LogP) is 3.08. The highest BCUT2D eigenvalue weighted by Gasteiger charge is 2.42. The molecule has 1 saturated heterocycles. The van der Waals surface area contributed by atoms with Crippen LogP contribution in [0.1, 0.15) is 51.1 Å². The molecule has 3 atom stereocenters. The second-order valence-electron chi connectivity index (χ2n) is 6.22. The van der Waals surface area contributed by atoms with E-state index < -0.39 is 0 Å². The number of hydrogen-bond acceptors (Lipinski definition) is 2. The number of nitrogens with zero attached hydrogens (tertiary/aromatic N) is 1. The van der Waals surface area contributed by atoms with Crippen molar-refractivity contribution in [2.75, 3.05) is 0 Å². The van der Waals surface area contributed by atoms with Crippen LogP contribution in [0.25, 0.3) is 0 Å². The fraction of sp³-hybridized carbons (Fsp3) is 0.588. The van der Waals surface area contributed by atoms with Crippen molar-refractivity contribution < 1.29 is 4.79 Å². The van der Waals surface area contributed by atoms with Crippen LogP contribution in [-0.4, -0.2) is 23.0 Å². The molecule has 1 N–H and O–H groups in total. The normalized spacial score (nSPS) is 29.1. The summed E-state index contributed by atoms with van der Waals surface area (Å²) in [6.07, 6.45) is 5.31. The van der Waals surface area contributed by atoms with Crippen molar-refractivity contribution in [3.05, 3.63) is 35.9 Å². The molecule has 3 rings (SSSR count). The van der Waals surface area contributed by atoms with E-state index in [0.29, 0.717) is 12.0 Å². The minimum atomic E-state index is -0.171. The van der Waals surface area contributed by atoms with Crippen LogP contribution >= 0.6 is 0 Å². The molecule has 1 aromatic carbocycles. The number of rotatable bonds is 3. The van der Waals surface area contributed by atoms with Gasteiger partial charge >= 0.3 is 0 Å². The van der Waals surface area contributed by atoms with E-state index in [0.717, 1.165) is 5.56 Å². The van der Waals surface area contributed by atoms with Gasteiger partial charge in [-0.2, -0.15) is 0 Å². The molecule has 3 nitrogen and oxygen atoms in total. The summed E-state index contributed by atoms with van der Waals surface area (Å²) in [6.45, 7) is 4.33. The average Bonchev–Trinajstić information content (AvgIpc) is 3.08. The molecular formula is C17H24N2O. The zero-order valence-electron chi connectivity index (χ0n) is 12.4. The molecule has 1 saturated carbocycles. The lowest BCUT2D eigenvalue weighted by Crippen LogP contribution is -2.44. The Morgan fingerprint density at radius 2 is 1.85 bits per heavy atom. The maximum atomic E-state index is 12.8. The Labute approximate surface area is 121 Å². The second-order valence-corrected chi connectivity index (χ2v) is 6.22. The van der Waals surface area contributed by atoms with Gasteiger partial charge in [0.15, 0.2) is 0 Å². The van der Waals surface area contributed by atoms with Crippen molar-refractivity contribution in [1.29, 1.82) is 0 Å². The molecule has 0 radical (unpaired) electrons. The van der Waals surface area contributed by atoms with Crippen molar-refractivity contribution in [3.8, 4) is 0 Å². The Bertz CT molecular complexity index is 467. The smallest absolute Gasteiger partial charge is 0.245 e. The summed E-state index contributed by atoms with van der Waals surface area (Å²) in [5.41, 5.74) is 1.07. The summed E-state index contributed by atoms with van der Waals surface area (Å²) in [4.78, 5) is 14.9. The number of amides is 1. The highest BCUT2D eigenvalue weighted by molar-refractivity contribution is 5.86. The monoisotopic (exact) mass is 272 g/mol. The average molecular weight is 272 g/mol. The van der Waals surface area contributed by atoms with Gasteiger partial charge in [-0.05, 0) is 38.2 Å². The molecule has 1 aliphatic carbocycles. The maximum Gasteiger partial charge on any atom is 0.245 e. The first kappa shape index (κ1) is 13.6. The van der Waals surface area contributed by atoms with Crippen LogP contribution in [0, 0.1) is 5.92 Å². The van der Waals surface area contributed by atoms with E-state index >= 15 is 0 Å². The third-order valence-corrected chi connectivity index (χ3v) is 4.98. The molecule has 20 heavy (non-hydrogen) atoms. The van der Waals surface area contributed by atoms with E-state index in [1.54, 1.807) is 0 Å². The lowest BCUT2D eigenvalue weighted by atomic mass is 9.97. The molecule has 1 heterocycles. The Morgan fingerprint density at radius 3 is 2.50 bits per heavy atom. The summed E-state index contributed by atoms with van der Waals surface area (Å²) in [5, 5.41) is 3.45. The summed E-state index contributed by atoms with van der Waals surface area (Å²) >= 11 is 0. The van der Waals surface area contributed by atoms with E-state index in [-0.39, 0.29) is 18.1 Å². The Kier molecular flexibility index (Phi) is 3.79. The number of nitrogens with one attached hydrogen (secondary N) is 1. The van der Waals surface area contributed by atoms with Crippen molar-refractivity contribution in [2.24, 2.45) is 5.92 Å². The summed E-state index contributed by atoms with van der Waals surface area (Å²) < 4.78 is 0. The minimum absolute atomic E-state index is 0.128. The molecule has 108 valence electrons. The Hall–Kier alpha value is -1.35. The molecule has 2 aliphatic rings. The van der Waals surface area contributed by atoms with Crippen molar-refractivity contribution >= 4 is 5.91 Å². The van der Waals surface area contributed by atoms with Gasteiger partial charge in [-0.25, -0.2) is 0 Å². The van der Waals surface area contributed by atoms with E-state index in [2.05, 4.69) is 24.1 Å². The predicted molar refractivity (Wildman–Crippen MR) is 80.0 cm³/mol. The van der Waals surface area contributed by atoms with Crippen molar-refractivity contribution in [1.82, 2.24) is 10.2 Å². The third kappa shape index (κ3) is 2.35. The minimum Gasteiger partial charge on any atom is -0.323 e. The largest absolute Gasteiger partial charge is 0.323 e. The van der Waals surface area contributed by atoms with Crippen LogP contribution in [0.4, 0.5) is 0 Å². The zero-order valence-corrected chi connectivity index (χ0v) is 12.4. The van der Waals surface area contributed by atoms with E-state index in [9.17, 15) is 4.79 Å². The first-order valence-corrected chi connectivity index (χ1v) is 7.81. The Balaban J connectivity index is 1.78. The second kappa shape index (κ2) is 5.57. The van der Waals surface area contributed by atoms with Crippen LogP contribution in [0.5, 0.6) is 0 Å². The van der Waals surface area contributed by atoms with E-state index in [1.165, 1.54) is 25.7 Å². The van der Waals surface area contributed by atoms with Gasteiger partial charge in [0.25, 0.3) is 0 Å². The van der Waals surface area contributed by atoms with Crippen LogP contribution in [0.15, 0.2) is 30.3 Å². The first-order chi connectivity index (χ1) is 9.68. The van der Waals surface area contributed by atoms with Crippen LogP contribution < -0.4 is 5.32 Å². The van der Waals surface area contributed by atoms with Gasteiger partial charge in [-0.15, -0.1) is 0 Å². The number of benzene rings is 1. The number of hydrogen-bond donors (Lipinski definition) is 1. The van der Waals surface area contributed by atoms with Crippen LogP contribution in [0.3, 0.4) is 0 Å². The molecule has 0 spiro atoms. The van der Waals surface area contributed by atoms with Gasteiger partial charge in [0.2, 0.25) is 5.91 Å². The molecule has 1 amide bonds. The molecule has 1 aromatic rings. The van der Waals surface area contributed by atoms with Crippen LogP contribution in [0.2, 0.25) is 0 Å². The number of carbonyl (C=O) groups excluding carboxylic acids is 1.